The van der Waals surface area contributed by atoms with Crippen LogP contribution in [-0.4, -0.2) is 50.8 Å². The molecule has 0 heterocycles. The molecule has 0 aromatic heterocycles. The van der Waals surface area contributed by atoms with Gasteiger partial charge < -0.3 is 10.1 Å². The van der Waals surface area contributed by atoms with Gasteiger partial charge in [-0.25, -0.2) is 0 Å². The molecule has 1 N–H and O–H groups in total. The molecule has 0 radical (unpaired) electrons. The average Bonchev–Trinajstić information content (AvgIpc) is 3.06. The van der Waals surface area contributed by atoms with Crippen molar-refractivity contribution in [1.82, 2.24) is 10.2 Å². The van der Waals surface area contributed by atoms with Gasteiger partial charge in [0.25, 0.3) is 0 Å². The number of hydrogen-bond donors (Lipinski definition) is 1. The van der Waals surface area contributed by atoms with E-state index in [0.717, 1.165) is 38.8 Å². The van der Waals surface area contributed by atoms with Crippen LogP contribution >= 0.6 is 0 Å². The minimum Gasteiger partial charge on any atom is -0.383 e. The highest BCUT2D eigenvalue weighted by Gasteiger charge is 2.20. The smallest absolute Gasteiger partial charge is 0.0589 e. The van der Waals surface area contributed by atoms with E-state index in [1.807, 2.05) is 0 Å². The fraction of sp³-hybridized carbons (Fsp3) is 0.857. The van der Waals surface area contributed by atoms with Gasteiger partial charge in [0.15, 0.2) is 0 Å². The summed E-state index contributed by atoms with van der Waals surface area (Å²) in [5.74, 6) is 0.691. The van der Waals surface area contributed by atoms with Crippen molar-refractivity contribution in [2.45, 2.75) is 32.7 Å². The SMILES string of the molecule is C=C(CNC1CC1)CN(CCOC)CC(C)C. The molecule has 0 saturated heterocycles. The molecule has 1 aliphatic carbocycles. The van der Waals surface area contributed by atoms with Crippen molar-refractivity contribution in [1.29, 1.82) is 0 Å². The third-order valence-electron chi connectivity index (χ3n) is 2.90. The van der Waals surface area contributed by atoms with Crippen LogP contribution in [-0.2, 0) is 4.74 Å². The molecule has 0 atom stereocenters. The molecule has 100 valence electrons. The van der Waals surface area contributed by atoms with Gasteiger partial charge in [0.05, 0.1) is 6.61 Å². The molecule has 1 aliphatic rings. The van der Waals surface area contributed by atoms with Gasteiger partial charge in [-0.2, -0.15) is 0 Å². The van der Waals surface area contributed by atoms with E-state index in [4.69, 9.17) is 4.74 Å². The predicted molar refractivity (Wildman–Crippen MR) is 73.3 cm³/mol. The quantitative estimate of drug-likeness (QED) is 0.590. The molecule has 0 aromatic rings. The molecule has 0 bridgehead atoms. The van der Waals surface area contributed by atoms with Crippen LogP contribution in [0.25, 0.3) is 0 Å². The molecule has 3 nitrogen and oxygen atoms in total. The number of hydrogen-bond acceptors (Lipinski definition) is 3. The largest absolute Gasteiger partial charge is 0.383 e. The van der Waals surface area contributed by atoms with E-state index in [1.165, 1.54) is 18.4 Å². The van der Waals surface area contributed by atoms with Crippen molar-refractivity contribution in [3.8, 4) is 0 Å². The Bertz CT molecular complexity index is 224. The van der Waals surface area contributed by atoms with Crippen molar-refractivity contribution in [2.24, 2.45) is 5.92 Å². The van der Waals surface area contributed by atoms with Crippen molar-refractivity contribution < 1.29 is 4.74 Å². The lowest BCUT2D eigenvalue weighted by Gasteiger charge is -2.25. The van der Waals surface area contributed by atoms with Crippen LogP contribution in [0.1, 0.15) is 26.7 Å². The molecule has 17 heavy (non-hydrogen) atoms. The molecular weight excluding hydrogens is 212 g/mol. The molecule has 0 aromatic carbocycles. The predicted octanol–water partition coefficient (Wildman–Crippen LogP) is 1.90. The Hall–Kier alpha value is -0.380. The van der Waals surface area contributed by atoms with E-state index < -0.39 is 0 Å². The Morgan fingerprint density at radius 2 is 2.18 bits per heavy atom. The van der Waals surface area contributed by atoms with Gasteiger partial charge >= 0.3 is 0 Å². The molecule has 0 spiro atoms. The number of nitrogens with one attached hydrogen (secondary N) is 1. The first-order valence-electron chi connectivity index (χ1n) is 6.73. The van der Waals surface area contributed by atoms with Crippen LogP contribution < -0.4 is 5.32 Å². The average molecular weight is 240 g/mol. The van der Waals surface area contributed by atoms with Crippen molar-refractivity contribution in [3.05, 3.63) is 12.2 Å². The van der Waals surface area contributed by atoms with Crippen LogP contribution in [0, 0.1) is 5.92 Å². The summed E-state index contributed by atoms with van der Waals surface area (Å²) in [4.78, 5) is 2.44. The standard InChI is InChI=1S/C14H28N2O/c1-12(2)10-16(7-8-17-4)11-13(3)9-15-14-5-6-14/h12,14-15H,3,5-11H2,1-2,4H3. The van der Waals surface area contributed by atoms with Gasteiger partial charge in [0.1, 0.15) is 0 Å². The molecule has 0 aliphatic heterocycles. The Morgan fingerprint density at radius 1 is 1.47 bits per heavy atom. The van der Waals surface area contributed by atoms with Crippen molar-refractivity contribution in [3.63, 3.8) is 0 Å². The maximum absolute atomic E-state index is 5.16. The van der Waals surface area contributed by atoms with Gasteiger partial charge in [0, 0.05) is 39.3 Å². The molecular formula is C14H28N2O. The minimum atomic E-state index is 0.691. The summed E-state index contributed by atoms with van der Waals surface area (Å²) in [6.07, 6.45) is 2.68. The Morgan fingerprint density at radius 3 is 2.71 bits per heavy atom. The third kappa shape index (κ3) is 7.53. The number of ether oxygens (including phenoxy) is 1. The second-order valence-corrected chi connectivity index (χ2v) is 5.53. The van der Waals surface area contributed by atoms with Crippen LogP contribution in [0.2, 0.25) is 0 Å². The van der Waals surface area contributed by atoms with E-state index in [-0.39, 0.29) is 0 Å². The normalized spacial score (nSPS) is 15.8. The molecule has 3 heteroatoms. The van der Waals surface area contributed by atoms with E-state index in [2.05, 4.69) is 30.6 Å². The summed E-state index contributed by atoms with van der Waals surface area (Å²) < 4.78 is 5.16. The van der Waals surface area contributed by atoms with E-state index in [1.54, 1.807) is 7.11 Å². The summed E-state index contributed by atoms with van der Waals surface area (Å²) in [5.41, 5.74) is 1.29. The zero-order valence-corrected chi connectivity index (χ0v) is 11.7. The lowest BCUT2D eigenvalue weighted by atomic mass is 10.2. The van der Waals surface area contributed by atoms with Crippen molar-refractivity contribution in [2.75, 3.05) is 39.9 Å². The van der Waals surface area contributed by atoms with E-state index in [9.17, 15) is 0 Å². The molecule has 1 saturated carbocycles. The Labute approximate surface area is 106 Å². The van der Waals surface area contributed by atoms with Gasteiger partial charge in [-0.3, -0.25) is 4.90 Å². The summed E-state index contributed by atoms with van der Waals surface area (Å²) in [5, 5.41) is 3.51. The zero-order valence-electron chi connectivity index (χ0n) is 11.7. The first kappa shape index (κ1) is 14.7. The number of methoxy groups -OCH3 is 1. The van der Waals surface area contributed by atoms with Crippen LogP contribution in [0.3, 0.4) is 0 Å². The first-order chi connectivity index (χ1) is 8.11. The first-order valence-corrected chi connectivity index (χ1v) is 6.73. The monoisotopic (exact) mass is 240 g/mol. The van der Waals surface area contributed by atoms with Gasteiger partial charge in [-0.1, -0.05) is 20.4 Å². The summed E-state index contributed by atoms with van der Waals surface area (Å²) >= 11 is 0. The lowest BCUT2D eigenvalue weighted by molar-refractivity contribution is 0.145. The second kappa shape index (κ2) is 7.85. The molecule has 1 rings (SSSR count). The van der Waals surface area contributed by atoms with E-state index >= 15 is 0 Å². The minimum absolute atomic E-state index is 0.691. The number of rotatable bonds is 10. The topological polar surface area (TPSA) is 24.5 Å². The summed E-state index contributed by atoms with van der Waals surface area (Å²) in [6, 6.07) is 0.768. The van der Waals surface area contributed by atoms with Gasteiger partial charge in [0.2, 0.25) is 0 Å². The fourth-order valence-corrected chi connectivity index (χ4v) is 1.92. The van der Waals surface area contributed by atoms with Crippen LogP contribution in [0.4, 0.5) is 0 Å². The van der Waals surface area contributed by atoms with E-state index in [0.29, 0.717) is 5.92 Å². The highest BCUT2D eigenvalue weighted by Crippen LogP contribution is 2.18. The Balaban J connectivity index is 2.21. The van der Waals surface area contributed by atoms with Crippen LogP contribution in [0.5, 0.6) is 0 Å². The molecule has 0 unspecified atom stereocenters. The Kier molecular flexibility index (Phi) is 6.78. The molecule has 0 amide bonds. The summed E-state index contributed by atoms with van der Waals surface area (Å²) in [6.45, 7) is 13.5. The maximum Gasteiger partial charge on any atom is 0.0589 e. The number of nitrogens with zero attached hydrogens (tertiary/aromatic N) is 1. The van der Waals surface area contributed by atoms with Crippen LogP contribution in [0.15, 0.2) is 12.2 Å². The highest BCUT2D eigenvalue weighted by atomic mass is 16.5. The van der Waals surface area contributed by atoms with Gasteiger partial charge in [-0.15, -0.1) is 0 Å². The highest BCUT2D eigenvalue weighted by molar-refractivity contribution is 5.01. The zero-order chi connectivity index (χ0) is 12.7. The second-order valence-electron chi connectivity index (χ2n) is 5.53. The maximum atomic E-state index is 5.16. The summed E-state index contributed by atoms with van der Waals surface area (Å²) in [7, 11) is 1.76. The van der Waals surface area contributed by atoms with Crippen molar-refractivity contribution >= 4 is 0 Å². The molecule has 1 fully saturated rings. The fourth-order valence-electron chi connectivity index (χ4n) is 1.92. The van der Waals surface area contributed by atoms with Gasteiger partial charge in [-0.05, 0) is 24.3 Å². The lowest BCUT2D eigenvalue weighted by Crippen LogP contribution is -2.34. The third-order valence-corrected chi connectivity index (χ3v) is 2.90.